The van der Waals surface area contributed by atoms with Gasteiger partial charge in [0, 0.05) is 13.1 Å². The number of nitrogens with zero attached hydrogens (tertiary/aromatic N) is 1. The maximum Gasteiger partial charge on any atom is 0.289 e. The van der Waals surface area contributed by atoms with Gasteiger partial charge in [-0.15, -0.1) is 0 Å². The third kappa shape index (κ3) is 2.78. The van der Waals surface area contributed by atoms with Crippen LogP contribution in [0.5, 0.6) is 0 Å². The largest absolute Gasteiger partial charge is 0.444 e. The van der Waals surface area contributed by atoms with Gasteiger partial charge in [-0.2, -0.15) is 0 Å². The Hall–Kier alpha value is -0.810. The lowest BCUT2D eigenvalue weighted by Gasteiger charge is -2.37. The van der Waals surface area contributed by atoms with Crippen LogP contribution in [-0.2, 0) is 0 Å². The summed E-state index contributed by atoms with van der Waals surface area (Å²) in [6.45, 7) is 0.643. The van der Waals surface area contributed by atoms with Crippen LogP contribution < -0.4 is 5.73 Å². The van der Waals surface area contributed by atoms with Crippen molar-refractivity contribution in [2.24, 2.45) is 11.7 Å². The molecule has 0 radical (unpaired) electrons. The minimum absolute atomic E-state index is 0.0638. The van der Waals surface area contributed by atoms with Crippen LogP contribution in [0.2, 0.25) is 0 Å². The predicted molar refractivity (Wildman–Crippen MR) is 73.3 cm³/mol. The molecule has 1 saturated carbocycles. The van der Waals surface area contributed by atoms with E-state index in [-0.39, 0.29) is 11.9 Å². The van der Waals surface area contributed by atoms with Gasteiger partial charge in [0.25, 0.3) is 5.91 Å². The van der Waals surface area contributed by atoms with Crippen molar-refractivity contribution in [1.82, 2.24) is 4.90 Å². The standard InChI is InChI=1S/C13H19BrN2O2/c1-16(10-5-3-2-4-9(10)8-15)13(17)11-6-7-12(14)18-11/h6-7,9-10H,2-5,8,15H2,1H3. The van der Waals surface area contributed by atoms with Gasteiger partial charge in [-0.3, -0.25) is 4.79 Å². The molecule has 1 aliphatic rings. The minimum atomic E-state index is -0.0638. The zero-order valence-electron chi connectivity index (χ0n) is 10.6. The van der Waals surface area contributed by atoms with E-state index in [0.29, 0.717) is 22.9 Å². The molecule has 2 unspecified atom stereocenters. The first kappa shape index (κ1) is 13.6. The molecule has 100 valence electrons. The number of amides is 1. The average molecular weight is 315 g/mol. The molecule has 5 heteroatoms. The highest BCUT2D eigenvalue weighted by Crippen LogP contribution is 2.28. The van der Waals surface area contributed by atoms with Crippen LogP contribution in [0.3, 0.4) is 0 Å². The molecule has 0 aromatic carbocycles. The SMILES string of the molecule is CN(C(=O)c1ccc(Br)o1)C1CCCCC1CN. The van der Waals surface area contributed by atoms with E-state index in [9.17, 15) is 4.79 Å². The van der Waals surface area contributed by atoms with E-state index in [1.54, 1.807) is 17.0 Å². The summed E-state index contributed by atoms with van der Waals surface area (Å²) < 4.78 is 5.90. The Labute approximate surface area is 116 Å². The molecule has 0 bridgehead atoms. The van der Waals surface area contributed by atoms with Gasteiger partial charge in [-0.05, 0) is 53.4 Å². The maximum atomic E-state index is 12.3. The number of rotatable bonds is 3. The van der Waals surface area contributed by atoms with Crippen LogP contribution >= 0.6 is 15.9 Å². The van der Waals surface area contributed by atoms with E-state index >= 15 is 0 Å². The molecule has 18 heavy (non-hydrogen) atoms. The number of carbonyl (C=O) groups is 1. The van der Waals surface area contributed by atoms with Crippen LogP contribution in [0.25, 0.3) is 0 Å². The van der Waals surface area contributed by atoms with E-state index in [0.717, 1.165) is 12.8 Å². The number of carbonyl (C=O) groups excluding carboxylic acids is 1. The summed E-state index contributed by atoms with van der Waals surface area (Å²) in [5.41, 5.74) is 5.81. The van der Waals surface area contributed by atoms with E-state index < -0.39 is 0 Å². The molecular formula is C13H19BrN2O2. The summed E-state index contributed by atoms with van der Waals surface area (Å²) in [5, 5.41) is 0. The fraction of sp³-hybridized carbons (Fsp3) is 0.615. The van der Waals surface area contributed by atoms with Crippen LogP contribution in [0.1, 0.15) is 36.2 Å². The van der Waals surface area contributed by atoms with E-state index in [1.807, 2.05) is 7.05 Å². The molecule has 0 aliphatic heterocycles. The van der Waals surface area contributed by atoms with E-state index in [2.05, 4.69) is 15.9 Å². The second-order valence-corrected chi connectivity index (χ2v) is 5.65. The topological polar surface area (TPSA) is 59.5 Å². The predicted octanol–water partition coefficient (Wildman–Crippen LogP) is 2.63. The number of nitrogens with two attached hydrogens (primary N) is 1. The second-order valence-electron chi connectivity index (χ2n) is 4.87. The molecule has 2 atom stereocenters. The minimum Gasteiger partial charge on any atom is -0.444 e. The number of halogens is 1. The molecule has 4 nitrogen and oxygen atoms in total. The third-order valence-electron chi connectivity index (χ3n) is 3.77. The molecule has 1 aromatic rings. The van der Waals surface area contributed by atoms with Crippen LogP contribution in [0.4, 0.5) is 0 Å². The van der Waals surface area contributed by atoms with Crippen molar-refractivity contribution in [1.29, 1.82) is 0 Å². The Kier molecular flexibility index (Phi) is 4.45. The van der Waals surface area contributed by atoms with Crippen molar-refractivity contribution in [2.75, 3.05) is 13.6 Å². The molecule has 1 heterocycles. The zero-order chi connectivity index (χ0) is 13.1. The van der Waals surface area contributed by atoms with Gasteiger partial charge < -0.3 is 15.1 Å². The third-order valence-corrected chi connectivity index (χ3v) is 4.20. The highest BCUT2D eigenvalue weighted by Gasteiger charge is 2.31. The number of furan rings is 1. The fourth-order valence-electron chi connectivity index (χ4n) is 2.73. The molecule has 0 spiro atoms. The van der Waals surface area contributed by atoms with Gasteiger partial charge in [0.2, 0.25) is 0 Å². The summed E-state index contributed by atoms with van der Waals surface area (Å²) in [6.07, 6.45) is 4.53. The van der Waals surface area contributed by atoms with Crippen molar-refractivity contribution in [3.63, 3.8) is 0 Å². The highest BCUT2D eigenvalue weighted by atomic mass is 79.9. The lowest BCUT2D eigenvalue weighted by Crippen LogP contribution is -2.45. The Bertz CT molecular complexity index is 419. The summed E-state index contributed by atoms with van der Waals surface area (Å²) >= 11 is 3.21. The fourth-order valence-corrected chi connectivity index (χ4v) is 3.03. The number of hydrogen-bond donors (Lipinski definition) is 1. The van der Waals surface area contributed by atoms with Gasteiger partial charge in [0.05, 0.1) is 0 Å². The Balaban J connectivity index is 2.09. The summed E-state index contributed by atoms with van der Waals surface area (Å²) in [5.74, 6) is 0.725. The van der Waals surface area contributed by atoms with Crippen molar-refractivity contribution in [3.05, 3.63) is 22.6 Å². The smallest absolute Gasteiger partial charge is 0.289 e. The first-order valence-corrected chi connectivity index (χ1v) is 7.15. The van der Waals surface area contributed by atoms with E-state index in [1.165, 1.54) is 12.8 Å². The normalized spacial score (nSPS) is 23.9. The van der Waals surface area contributed by atoms with Crippen molar-refractivity contribution in [3.8, 4) is 0 Å². The summed E-state index contributed by atoms with van der Waals surface area (Å²) in [7, 11) is 1.84. The first-order valence-electron chi connectivity index (χ1n) is 6.36. The molecule has 1 fully saturated rings. The van der Waals surface area contributed by atoms with Crippen molar-refractivity contribution >= 4 is 21.8 Å². The van der Waals surface area contributed by atoms with Gasteiger partial charge in [-0.1, -0.05) is 12.8 Å². The average Bonchev–Trinajstić information content (AvgIpc) is 2.83. The Morgan fingerprint density at radius 1 is 1.50 bits per heavy atom. The summed E-state index contributed by atoms with van der Waals surface area (Å²) in [4.78, 5) is 14.1. The van der Waals surface area contributed by atoms with Crippen LogP contribution in [-0.4, -0.2) is 30.4 Å². The monoisotopic (exact) mass is 314 g/mol. The number of hydrogen-bond acceptors (Lipinski definition) is 3. The molecule has 1 amide bonds. The quantitative estimate of drug-likeness (QED) is 0.933. The van der Waals surface area contributed by atoms with Gasteiger partial charge in [0.15, 0.2) is 10.4 Å². The first-order chi connectivity index (χ1) is 8.63. The van der Waals surface area contributed by atoms with Gasteiger partial charge in [-0.25, -0.2) is 0 Å². The molecule has 2 N–H and O–H groups in total. The van der Waals surface area contributed by atoms with Crippen molar-refractivity contribution in [2.45, 2.75) is 31.7 Å². The maximum absolute atomic E-state index is 12.3. The Morgan fingerprint density at radius 2 is 2.22 bits per heavy atom. The lowest BCUT2D eigenvalue weighted by molar-refractivity contribution is 0.0587. The van der Waals surface area contributed by atoms with Gasteiger partial charge >= 0.3 is 0 Å². The molecule has 1 aliphatic carbocycles. The molecule has 0 saturated heterocycles. The molecule has 2 rings (SSSR count). The second kappa shape index (κ2) is 5.89. The Morgan fingerprint density at radius 3 is 2.83 bits per heavy atom. The molecule has 1 aromatic heterocycles. The van der Waals surface area contributed by atoms with Crippen molar-refractivity contribution < 1.29 is 9.21 Å². The zero-order valence-corrected chi connectivity index (χ0v) is 12.1. The van der Waals surface area contributed by atoms with E-state index in [4.69, 9.17) is 10.2 Å². The molecular weight excluding hydrogens is 296 g/mol. The van der Waals surface area contributed by atoms with Crippen LogP contribution in [0, 0.1) is 5.92 Å². The highest BCUT2D eigenvalue weighted by molar-refractivity contribution is 9.10. The van der Waals surface area contributed by atoms with Gasteiger partial charge in [0.1, 0.15) is 0 Å². The lowest BCUT2D eigenvalue weighted by atomic mass is 9.83. The summed E-state index contributed by atoms with van der Waals surface area (Å²) in [6, 6.07) is 3.67. The van der Waals surface area contributed by atoms with Crippen LogP contribution in [0.15, 0.2) is 21.2 Å².